The molecular weight excluding hydrogens is 298 g/mol. The van der Waals surface area contributed by atoms with Crippen LogP contribution in [0.4, 0.5) is 0 Å². The molecule has 0 bridgehead atoms. The molecule has 0 saturated heterocycles. The fraction of sp³-hybridized carbons (Fsp3) is 0.278. The molecule has 0 saturated carbocycles. The molecule has 0 spiro atoms. The van der Waals surface area contributed by atoms with Crippen molar-refractivity contribution in [1.82, 2.24) is 4.90 Å². The summed E-state index contributed by atoms with van der Waals surface area (Å²) in [5, 5.41) is 0.686. The van der Waals surface area contributed by atoms with Crippen molar-refractivity contribution in [2.75, 3.05) is 13.7 Å². The molecule has 0 aromatic heterocycles. The SMILES string of the molecule is CCN(Cc1cccc(Cl)c1)C(=O)Cc1ccccc1OC. The van der Waals surface area contributed by atoms with Gasteiger partial charge in [0.05, 0.1) is 13.5 Å². The zero-order valence-corrected chi connectivity index (χ0v) is 13.6. The summed E-state index contributed by atoms with van der Waals surface area (Å²) in [5.74, 6) is 0.821. The van der Waals surface area contributed by atoms with Gasteiger partial charge in [0, 0.05) is 23.7 Å². The predicted octanol–water partition coefficient (Wildman–Crippen LogP) is 3.94. The molecule has 2 aromatic carbocycles. The number of benzene rings is 2. The van der Waals surface area contributed by atoms with Crippen molar-refractivity contribution in [3.05, 3.63) is 64.7 Å². The lowest BCUT2D eigenvalue weighted by atomic mass is 10.1. The lowest BCUT2D eigenvalue weighted by Gasteiger charge is -2.21. The quantitative estimate of drug-likeness (QED) is 0.807. The number of amides is 1. The van der Waals surface area contributed by atoms with Crippen molar-refractivity contribution in [3.63, 3.8) is 0 Å². The summed E-state index contributed by atoms with van der Waals surface area (Å²) >= 11 is 6.00. The Bertz CT molecular complexity index is 642. The molecule has 0 N–H and O–H groups in total. The van der Waals surface area contributed by atoms with Crippen LogP contribution >= 0.6 is 11.6 Å². The van der Waals surface area contributed by atoms with E-state index in [1.807, 2.05) is 60.4 Å². The van der Waals surface area contributed by atoms with Gasteiger partial charge in [-0.25, -0.2) is 0 Å². The topological polar surface area (TPSA) is 29.5 Å². The zero-order valence-electron chi connectivity index (χ0n) is 12.9. The summed E-state index contributed by atoms with van der Waals surface area (Å²) in [7, 11) is 1.62. The third-order valence-electron chi connectivity index (χ3n) is 3.53. The van der Waals surface area contributed by atoms with Crippen LogP contribution in [0.5, 0.6) is 5.75 Å². The fourth-order valence-corrected chi connectivity index (χ4v) is 2.57. The standard InChI is InChI=1S/C18H20ClNO2/c1-3-20(13-14-7-6-9-16(19)11-14)18(21)12-15-8-4-5-10-17(15)22-2/h4-11H,3,12-13H2,1-2H3. The molecule has 3 nitrogen and oxygen atoms in total. The Labute approximate surface area is 136 Å². The number of carbonyl (C=O) groups is 1. The Kier molecular flexibility index (Phi) is 5.84. The maximum atomic E-state index is 12.5. The van der Waals surface area contributed by atoms with E-state index < -0.39 is 0 Å². The first-order chi connectivity index (χ1) is 10.6. The van der Waals surface area contributed by atoms with Crippen LogP contribution in [0.2, 0.25) is 5.02 Å². The van der Waals surface area contributed by atoms with Gasteiger partial charge in [0.2, 0.25) is 5.91 Å². The van der Waals surface area contributed by atoms with Crippen LogP contribution in [-0.4, -0.2) is 24.5 Å². The Hall–Kier alpha value is -2.00. The maximum absolute atomic E-state index is 12.5. The molecule has 22 heavy (non-hydrogen) atoms. The smallest absolute Gasteiger partial charge is 0.227 e. The first kappa shape index (κ1) is 16.4. The second-order valence-corrected chi connectivity index (χ2v) is 5.46. The predicted molar refractivity (Wildman–Crippen MR) is 89.2 cm³/mol. The molecule has 0 aliphatic rings. The second kappa shape index (κ2) is 7.85. The van der Waals surface area contributed by atoms with E-state index in [-0.39, 0.29) is 5.91 Å². The van der Waals surface area contributed by atoms with Crippen molar-refractivity contribution < 1.29 is 9.53 Å². The van der Waals surface area contributed by atoms with Gasteiger partial charge in [-0.2, -0.15) is 0 Å². The molecule has 116 valence electrons. The van der Waals surface area contributed by atoms with Crippen molar-refractivity contribution in [2.45, 2.75) is 19.9 Å². The Morgan fingerprint density at radius 2 is 1.95 bits per heavy atom. The van der Waals surface area contributed by atoms with Gasteiger partial charge in [-0.05, 0) is 30.7 Å². The fourth-order valence-electron chi connectivity index (χ4n) is 2.36. The van der Waals surface area contributed by atoms with E-state index in [1.165, 1.54) is 0 Å². The van der Waals surface area contributed by atoms with Crippen molar-refractivity contribution >= 4 is 17.5 Å². The van der Waals surface area contributed by atoms with Crippen LogP contribution in [0.15, 0.2) is 48.5 Å². The Morgan fingerprint density at radius 1 is 1.18 bits per heavy atom. The van der Waals surface area contributed by atoms with E-state index in [0.717, 1.165) is 16.9 Å². The number of methoxy groups -OCH3 is 1. The molecule has 0 aliphatic heterocycles. The number of rotatable bonds is 6. The third-order valence-corrected chi connectivity index (χ3v) is 3.77. The number of halogens is 1. The summed E-state index contributed by atoms with van der Waals surface area (Å²) in [6.45, 7) is 3.19. The van der Waals surface area contributed by atoms with Crippen molar-refractivity contribution in [3.8, 4) is 5.75 Å². The molecule has 2 aromatic rings. The van der Waals surface area contributed by atoms with E-state index in [0.29, 0.717) is 24.5 Å². The zero-order chi connectivity index (χ0) is 15.9. The van der Waals surface area contributed by atoms with E-state index in [2.05, 4.69) is 0 Å². The van der Waals surface area contributed by atoms with Gasteiger partial charge < -0.3 is 9.64 Å². The molecule has 1 amide bonds. The van der Waals surface area contributed by atoms with Crippen molar-refractivity contribution in [2.24, 2.45) is 0 Å². The van der Waals surface area contributed by atoms with E-state index in [1.54, 1.807) is 7.11 Å². The minimum Gasteiger partial charge on any atom is -0.496 e. The van der Waals surface area contributed by atoms with E-state index >= 15 is 0 Å². The molecule has 4 heteroatoms. The molecule has 2 rings (SSSR count). The van der Waals surface area contributed by atoms with E-state index in [4.69, 9.17) is 16.3 Å². The Morgan fingerprint density at radius 3 is 2.64 bits per heavy atom. The molecule has 0 atom stereocenters. The second-order valence-electron chi connectivity index (χ2n) is 5.03. The van der Waals surface area contributed by atoms with Gasteiger partial charge in [0.1, 0.15) is 5.75 Å². The van der Waals surface area contributed by atoms with Gasteiger partial charge in [-0.1, -0.05) is 41.9 Å². The first-order valence-electron chi connectivity index (χ1n) is 7.28. The van der Waals surface area contributed by atoms with Gasteiger partial charge in [-0.15, -0.1) is 0 Å². The van der Waals surface area contributed by atoms with Crippen LogP contribution in [-0.2, 0) is 17.8 Å². The summed E-state index contributed by atoms with van der Waals surface area (Å²) in [6.07, 6.45) is 0.332. The molecular formula is C18H20ClNO2. The van der Waals surface area contributed by atoms with Crippen LogP contribution in [0, 0.1) is 0 Å². The van der Waals surface area contributed by atoms with Crippen molar-refractivity contribution in [1.29, 1.82) is 0 Å². The van der Waals surface area contributed by atoms with Crippen LogP contribution in [0.25, 0.3) is 0 Å². The maximum Gasteiger partial charge on any atom is 0.227 e. The largest absolute Gasteiger partial charge is 0.496 e. The average molecular weight is 318 g/mol. The highest BCUT2D eigenvalue weighted by Gasteiger charge is 2.15. The number of likely N-dealkylation sites (N-methyl/N-ethyl adjacent to an activating group) is 1. The minimum absolute atomic E-state index is 0.0759. The van der Waals surface area contributed by atoms with Crippen LogP contribution < -0.4 is 4.74 Å². The summed E-state index contributed by atoms with van der Waals surface area (Å²) < 4.78 is 5.31. The van der Waals surface area contributed by atoms with Crippen LogP contribution in [0.1, 0.15) is 18.1 Å². The monoisotopic (exact) mass is 317 g/mol. The van der Waals surface area contributed by atoms with Gasteiger partial charge in [-0.3, -0.25) is 4.79 Å². The summed E-state index contributed by atoms with van der Waals surface area (Å²) in [6, 6.07) is 15.2. The number of nitrogens with zero attached hydrogens (tertiary/aromatic N) is 1. The Balaban J connectivity index is 2.09. The van der Waals surface area contributed by atoms with Gasteiger partial charge in [0.25, 0.3) is 0 Å². The first-order valence-corrected chi connectivity index (χ1v) is 7.66. The number of carbonyl (C=O) groups excluding carboxylic acids is 1. The highest BCUT2D eigenvalue weighted by Crippen LogP contribution is 2.19. The number of hydrogen-bond donors (Lipinski definition) is 0. The highest BCUT2D eigenvalue weighted by atomic mass is 35.5. The normalized spacial score (nSPS) is 10.3. The molecule has 0 unspecified atom stereocenters. The molecule has 0 fully saturated rings. The number of ether oxygens (including phenoxy) is 1. The summed E-state index contributed by atoms with van der Waals surface area (Å²) in [5.41, 5.74) is 1.93. The van der Waals surface area contributed by atoms with E-state index in [9.17, 15) is 4.79 Å². The minimum atomic E-state index is 0.0759. The highest BCUT2D eigenvalue weighted by molar-refractivity contribution is 6.30. The lowest BCUT2D eigenvalue weighted by Crippen LogP contribution is -2.31. The average Bonchev–Trinajstić information content (AvgIpc) is 2.53. The molecule has 0 aliphatic carbocycles. The summed E-state index contributed by atoms with van der Waals surface area (Å²) in [4.78, 5) is 14.4. The molecule has 0 radical (unpaired) electrons. The van der Waals surface area contributed by atoms with Gasteiger partial charge >= 0.3 is 0 Å². The number of para-hydroxylation sites is 1. The van der Waals surface area contributed by atoms with Gasteiger partial charge in [0.15, 0.2) is 0 Å². The van der Waals surface area contributed by atoms with Crippen LogP contribution in [0.3, 0.4) is 0 Å². The third kappa shape index (κ3) is 4.25. The lowest BCUT2D eigenvalue weighted by molar-refractivity contribution is -0.130. The number of hydrogen-bond acceptors (Lipinski definition) is 2. The molecule has 0 heterocycles.